The number of primary sulfonamides is 1. The summed E-state index contributed by atoms with van der Waals surface area (Å²) in [5.41, 5.74) is 3.26. The number of nitrogens with one attached hydrogen (secondary N) is 1. The molecule has 10 heteroatoms. The zero-order valence-corrected chi connectivity index (χ0v) is 22.3. The van der Waals surface area contributed by atoms with E-state index in [1.165, 1.54) is 24.3 Å². The molecule has 0 unspecified atom stereocenters. The number of ether oxygens (including phenoxy) is 1. The van der Waals surface area contributed by atoms with E-state index in [0.717, 1.165) is 15.9 Å². The quantitative estimate of drug-likeness (QED) is 0.120. The zero-order valence-electron chi connectivity index (χ0n) is 20.6. The number of carbonyl (C=O) groups is 1. The summed E-state index contributed by atoms with van der Waals surface area (Å²) in [7, 11) is -6.62. The average molecular weight is 547 g/mol. The molecule has 4 aromatic carbocycles. The molecule has 0 atom stereocenters. The maximum Gasteiger partial charge on any atom is 0.378 e. The molecule has 0 radical (unpaired) electrons. The molecule has 0 bridgehead atoms. The smallest absolute Gasteiger partial charge is 0.378 e. The highest BCUT2D eigenvalue weighted by Crippen LogP contribution is 2.46. The standard InChI is InChI=1S/C28H27N4O4PS/c1-2-36-28(33)27(31-30-22-18-20-26(21-19-22)38(29,34)35)32-37(23-12-6-3-7-13-23,24-14-8-4-9-15-24)25-16-10-5-11-17-25/h3-21,30H,2H2,1H3,(H2,29,34,35)/b31-27+. The molecule has 0 heterocycles. The van der Waals surface area contributed by atoms with Gasteiger partial charge in [0.15, 0.2) is 0 Å². The van der Waals surface area contributed by atoms with Gasteiger partial charge in [-0.3, -0.25) is 5.43 Å². The number of hydrazone groups is 1. The Hall–Kier alpha value is -4.04. The molecule has 0 fully saturated rings. The Kier molecular flexibility index (Phi) is 8.53. The number of esters is 1. The number of anilines is 1. The minimum atomic E-state index is -3.84. The highest BCUT2D eigenvalue weighted by atomic mass is 32.2. The first-order valence-corrected chi connectivity index (χ1v) is 15.1. The number of sulfonamides is 1. The summed E-state index contributed by atoms with van der Waals surface area (Å²) in [6, 6.07) is 35.1. The molecule has 8 nitrogen and oxygen atoms in total. The van der Waals surface area contributed by atoms with Gasteiger partial charge in [-0.25, -0.2) is 23.1 Å². The second-order valence-corrected chi connectivity index (χ2v) is 12.7. The highest BCUT2D eigenvalue weighted by molar-refractivity contribution is 7.89. The Morgan fingerprint density at radius 3 is 1.63 bits per heavy atom. The number of amidine groups is 1. The average Bonchev–Trinajstić information content (AvgIpc) is 2.95. The van der Waals surface area contributed by atoms with E-state index in [-0.39, 0.29) is 17.3 Å². The molecule has 0 aliphatic carbocycles. The summed E-state index contributed by atoms with van der Waals surface area (Å²) < 4.78 is 33.6. The summed E-state index contributed by atoms with van der Waals surface area (Å²) in [6.45, 7) is 1.85. The maximum absolute atomic E-state index is 13.2. The van der Waals surface area contributed by atoms with Crippen molar-refractivity contribution in [2.75, 3.05) is 12.0 Å². The van der Waals surface area contributed by atoms with Crippen molar-refractivity contribution in [1.29, 1.82) is 0 Å². The molecule has 194 valence electrons. The van der Waals surface area contributed by atoms with Gasteiger partial charge in [0.1, 0.15) is 0 Å². The van der Waals surface area contributed by atoms with E-state index in [2.05, 4.69) is 10.5 Å². The summed E-state index contributed by atoms with van der Waals surface area (Å²) in [6.07, 6.45) is 0. The molecule has 0 saturated heterocycles. The van der Waals surface area contributed by atoms with Crippen molar-refractivity contribution < 1.29 is 17.9 Å². The molecule has 3 N–H and O–H groups in total. The first-order chi connectivity index (χ1) is 18.3. The van der Waals surface area contributed by atoms with Gasteiger partial charge < -0.3 is 4.74 Å². The van der Waals surface area contributed by atoms with Crippen LogP contribution in [0.2, 0.25) is 0 Å². The maximum atomic E-state index is 13.2. The van der Waals surface area contributed by atoms with Crippen LogP contribution in [-0.2, 0) is 19.6 Å². The number of nitrogens with two attached hydrogens (primary N) is 1. The Balaban J connectivity index is 1.95. The van der Waals surface area contributed by atoms with E-state index in [0.29, 0.717) is 5.69 Å². The van der Waals surface area contributed by atoms with Crippen molar-refractivity contribution in [3.63, 3.8) is 0 Å². The topological polar surface area (TPSA) is 123 Å². The third-order valence-electron chi connectivity index (χ3n) is 5.57. The van der Waals surface area contributed by atoms with Crippen molar-refractivity contribution in [1.82, 2.24) is 0 Å². The van der Waals surface area contributed by atoms with Crippen LogP contribution in [0.25, 0.3) is 0 Å². The molecule has 0 aromatic heterocycles. The summed E-state index contributed by atoms with van der Waals surface area (Å²) in [5, 5.41) is 12.3. The normalized spacial score (nSPS) is 12.0. The molecular weight excluding hydrogens is 519 g/mol. The van der Waals surface area contributed by atoms with Crippen molar-refractivity contribution in [3.8, 4) is 0 Å². The number of nitrogens with zero attached hydrogens (tertiary/aromatic N) is 2. The lowest BCUT2D eigenvalue weighted by atomic mass is 10.3. The predicted molar refractivity (Wildman–Crippen MR) is 153 cm³/mol. The second-order valence-electron chi connectivity index (χ2n) is 8.08. The summed E-state index contributed by atoms with van der Waals surface area (Å²) in [4.78, 5) is 13.1. The van der Waals surface area contributed by atoms with Crippen molar-refractivity contribution in [2.24, 2.45) is 15.0 Å². The Morgan fingerprint density at radius 1 is 0.789 bits per heavy atom. The van der Waals surface area contributed by atoms with Gasteiger partial charge in [0, 0.05) is 15.9 Å². The fourth-order valence-electron chi connectivity index (χ4n) is 3.83. The SMILES string of the molecule is CCOC(=O)/C(N=P(c1ccccc1)(c1ccccc1)c1ccccc1)=N\Nc1ccc(S(N)(=O)=O)cc1. The fourth-order valence-corrected chi connectivity index (χ4v) is 7.81. The van der Waals surface area contributed by atoms with Crippen molar-refractivity contribution >= 4 is 50.5 Å². The molecule has 0 amide bonds. The van der Waals surface area contributed by atoms with Crippen LogP contribution >= 0.6 is 7.05 Å². The molecule has 0 aliphatic rings. The Morgan fingerprint density at radius 2 is 1.24 bits per heavy atom. The zero-order chi connectivity index (χ0) is 27.0. The first kappa shape index (κ1) is 27.0. The van der Waals surface area contributed by atoms with Crippen molar-refractivity contribution in [3.05, 3.63) is 115 Å². The van der Waals surface area contributed by atoms with E-state index < -0.39 is 23.0 Å². The minimum absolute atomic E-state index is 0.0375. The largest absolute Gasteiger partial charge is 0.460 e. The monoisotopic (exact) mass is 546 g/mol. The van der Waals surface area contributed by atoms with E-state index in [4.69, 9.17) is 14.6 Å². The van der Waals surface area contributed by atoms with Crippen LogP contribution < -0.4 is 26.5 Å². The van der Waals surface area contributed by atoms with Gasteiger partial charge in [-0.1, -0.05) is 91.0 Å². The van der Waals surface area contributed by atoms with E-state index in [1.54, 1.807) is 6.92 Å². The molecule has 4 aromatic rings. The van der Waals surface area contributed by atoms with Gasteiger partial charge in [0.05, 0.1) is 24.2 Å². The third-order valence-corrected chi connectivity index (χ3v) is 10.1. The van der Waals surface area contributed by atoms with Gasteiger partial charge in [0.25, 0.3) is 5.84 Å². The Bertz CT molecular complexity index is 1470. The van der Waals surface area contributed by atoms with Gasteiger partial charge in [-0.15, -0.1) is 5.10 Å². The predicted octanol–water partition coefficient (Wildman–Crippen LogP) is 3.80. The lowest BCUT2D eigenvalue weighted by molar-refractivity contribution is -0.135. The van der Waals surface area contributed by atoms with Crippen LogP contribution in [0.1, 0.15) is 6.92 Å². The van der Waals surface area contributed by atoms with E-state index >= 15 is 0 Å². The van der Waals surface area contributed by atoms with Crippen LogP contribution in [0.3, 0.4) is 0 Å². The number of carbonyl (C=O) groups excluding carboxylic acids is 1. The second kappa shape index (κ2) is 12.0. The lowest BCUT2D eigenvalue weighted by Gasteiger charge is -2.26. The molecule has 4 rings (SSSR count). The van der Waals surface area contributed by atoms with Gasteiger partial charge >= 0.3 is 5.97 Å². The number of rotatable bonds is 7. The molecule has 0 saturated carbocycles. The van der Waals surface area contributed by atoms with Crippen LogP contribution in [0.4, 0.5) is 5.69 Å². The number of hydrogen-bond donors (Lipinski definition) is 2. The van der Waals surface area contributed by atoms with Gasteiger partial charge in [0.2, 0.25) is 10.0 Å². The fraction of sp³-hybridized carbons (Fsp3) is 0.0714. The molecule has 0 spiro atoms. The molecular formula is C28H27N4O4PS. The van der Waals surface area contributed by atoms with Gasteiger partial charge in [-0.05, 0) is 31.2 Å². The van der Waals surface area contributed by atoms with Crippen LogP contribution in [0, 0.1) is 0 Å². The highest BCUT2D eigenvalue weighted by Gasteiger charge is 2.30. The first-order valence-electron chi connectivity index (χ1n) is 11.8. The van der Waals surface area contributed by atoms with Crippen LogP contribution in [-0.4, -0.2) is 26.8 Å². The molecule has 0 aliphatic heterocycles. The van der Waals surface area contributed by atoms with Crippen molar-refractivity contribution in [2.45, 2.75) is 11.8 Å². The van der Waals surface area contributed by atoms with Gasteiger partial charge in [-0.2, -0.15) is 0 Å². The van der Waals surface area contributed by atoms with E-state index in [1.807, 2.05) is 91.0 Å². The number of benzene rings is 4. The van der Waals surface area contributed by atoms with Crippen LogP contribution in [0.5, 0.6) is 0 Å². The summed E-state index contributed by atoms with van der Waals surface area (Å²) >= 11 is 0. The molecule has 38 heavy (non-hydrogen) atoms. The van der Waals surface area contributed by atoms with Crippen LogP contribution in [0.15, 0.2) is 130 Å². The number of hydrogen-bond acceptors (Lipinski definition) is 6. The third kappa shape index (κ3) is 6.08. The minimum Gasteiger partial charge on any atom is -0.460 e. The summed E-state index contributed by atoms with van der Waals surface area (Å²) in [5.74, 6) is -0.833. The Labute approximate surface area is 222 Å². The lowest BCUT2D eigenvalue weighted by Crippen LogP contribution is -2.28. The van der Waals surface area contributed by atoms with E-state index in [9.17, 15) is 13.2 Å².